The van der Waals surface area contributed by atoms with Crippen LogP contribution >= 0.6 is 27.7 Å². The van der Waals surface area contributed by atoms with Gasteiger partial charge in [-0.25, -0.2) is 0 Å². The van der Waals surface area contributed by atoms with Crippen molar-refractivity contribution in [2.24, 2.45) is 0 Å². The van der Waals surface area contributed by atoms with Gasteiger partial charge in [0.1, 0.15) is 5.75 Å². The average Bonchev–Trinajstić information content (AvgIpc) is 3.30. The number of carbonyl (C=O) groups excluding carboxylic acids is 1. The molecule has 36 heavy (non-hydrogen) atoms. The number of nitrogens with zero attached hydrogens (tertiary/aromatic N) is 3. The van der Waals surface area contributed by atoms with Crippen LogP contribution in [0.5, 0.6) is 5.75 Å². The molecule has 1 N–H and O–H groups in total. The molecular formula is C28H29BrN4O2S. The van der Waals surface area contributed by atoms with E-state index in [4.69, 9.17) is 4.74 Å². The fraction of sp³-hybridized carbons (Fsp3) is 0.250. The summed E-state index contributed by atoms with van der Waals surface area (Å²) in [5, 5.41) is 12.6. The number of aryl methyl sites for hydroxylation is 1. The van der Waals surface area contributed by atoms with Crippen LogP contribution in [0.15, 0.2) is 82.4 Å². The van der Waals surface area contributed by atoms with E-state index in [1.54, 1.807) is 23.9 Å². The number of ether oxygens (including phenoxy) is 1. The molecule has 0 atom stereocenters. The third-order valence-electron chi connectivity index (χ3n) is 5.53. The van der Waals surface area contributed by atoms with Gasteiger partial charge in [0.05, 0.1) is 13.2 Å². The van der Waals surface area contributed by atoms with Gasteiger partial charge in [0.25, 0.3) is 5.91 Å². The fourth-order valence-corrected chi connectivity index (χ4v) is 4.75. The van der Waals surface area contributed by atoms with Gasteiger partial charge in [-0.3, -0.25) is 9.36 Å². The van der Waals surface area contributed by atoms with E-state index in [1.165, 1.54) is 5.56 Å². The number of benzene rings is 3. The first kappa shape index (κ1) is 26.0. The molecule has 0 fully saturated rings. The molecule has 186 valence electrons. The van der Waals surface area contributed by atoms with Crippen molar-refractivity contribution in [3.63, 3.8) is 0 Å². The lowest BCUT2D eigenvalue weighted by molar-refractivity contribution is 0.0949. The highest BCUT2D eigenvalue weighted by molar-refractivity contribution is 9.10. The van der Waals surface area contributed by atoms with Gasteiger partial charge in [-0.1, -0.05) is 65.3 Å². The number of halogens is 1. The number of rotatable bonds is 11. The Balaban J connectivity index is 1.48. The monoisotopic (exact) mass is 564 g/mol. The van der Waals surface area contributed by atoms with Gasteiger partial charge in [0.15, 0.2) is 11.0 Å². The number of hydrogen-bond donors (Lipinski definition) is 1. The van der Waals surface area contributed by atoms with Crippen LogP contribution in [-0.2, 0) is 12.3 Å². The second-order valence-electron chi connectivity index (χ2n) is 8.40. The lowest BCUT2D eigenvalue weighted by Crippen LogP contribution is -2.24. The molecular weight excluding hydrogens is 536 g/mol. The predicted molar refractivity (Wildman–Crippen MR) is 148 cm³/mol. The molecule has 4 aromatic rings. The molecule has 0 radical (unpaired) electrons. The second kappa shape index (κ2) is 12.7. The second-order valence-corrected chi connectivity index (χ2v) is 10.3. The van der Waals surface area contributed by atoms with Crippen LogP contribution in [0, 0.1) is 6.92 Å². The Labute approximate surface area is 224 Å². The maximum atomic E-state index is 12.8. The van der Waals surface area contributed by atoms with Crippen LogP contribution in [0.1, 0.15) is 47.1 Å². The largest absolute Gasteiger partial charge is 0.494 e. The van der Waals surface area contributed by atoms with E-state index in [0.717, 1.165) is 45.2 Å². The minimum absolute atomic E-state index is 0.169. The predicted octanol–water partition coefficient (Wildman–Crippen LogP) is 6.74. The fourth-order valence-electron chi connectivity index (χ4n) is 3.56. The van der Waals surface area contributed by atoms with Crippen molar-refractivity contribution in [2.45, 2.75) is 44.1 Å². The minimum atomic E-state index is -0.169. The van der Waals surface area contributed by atoms with Crippen molar-refractivity contribution < 1.29 is 9.53 Å². The number of nitrogens with one attached hydrogen (secondary N) is 1. The summed E-state index contributed by atoms with van der Waals surface area (Å²) >= 11 is 5.10. The van der Waals surface area contributed by atoms with Gasteiger partial charge >= 0.3 is 0 Å². The highest BCUT2D eigenvalue weighted by Gasteiger charge is 2.16. The zero-order valence-corrected chi connectivity index (χ0v) is 22.8. The van der Waals surface area contributed by atoms with E-state index < -0.39 is 0 Å². The van der Waals surface area contributed by atoms with E-state index in [-0.39, 0.29) is 12.5 Å². The van der Waals surface area contributed by atoms with Gasteiger partial charge in [0.2, 0.25) is 0 Å². The SMILES string of the molecule is CCCCOc1ccc(C(=O)NCc2nnc(SCc3ccc(Br)cc3)n2-c2cccc(C)c2)cc1. The van der Waals surface area contributed by atoms with Crippen molar-refractivity contribution in [1.29, 1.82) is 0 Å². The van der Waals surface area contributed by atoms with Crippen molar-refractivity contribution in [3.8, 4) is 11.4 Å². The molecule has 4 rings (SSSR count). The summed E-state index contributed by atoms with van der Waals surface area (Å²) in [5.41, 5.74) is 3.88. The van der Waals surface area contributed by atoms with E-state index in [2.05, 4.69) is 69.6 Å². The molecule has 0 bridgehead atoms. The van der Waals surface area contributed by atoms with Gasteiger partial charge in [-0.2, -0.15) is 0 Å². The van der Waals surface area contributed by atoms with Crippen molar-refractivity contribution in [3.05, 3.63) is 99.8 Å². The molecule has 0 spiro atoms. The van der Waals surface area contributed by atoms with Crippen molar-refractivity contribution in [2.75, 3.05) is 6.61 Å². The molecule has 1 amide bonds. The molecule has 0 aliphatic rings. The Morgan fingerprint density at radius 1 is 1.06 bits per heavy atom. The molecule has 8 heteroatoms. The Morgan fingerprint density at radius 3 is 2.56 bits per heavy atom. The number of amides is 1. The summed E-state index contributed by atoms with van der Waals surface area (Å²) in [4.78, 5) is 12.8. The summed E-state index contributed by atoms with van der Waals surface area (Å²) in [6.45, 7) is 5.12. The highest BCUT2D eigenvalue weighted by atomic mass is 79.9. The molecule has 6 nitrogen and oxygen atoms in total. The van der Waals surface area contributed by atoms with Crippen molar-refractivity contribution >= 4 is 33.6 Å². The van der Waals surface area contributed by atoms with Crippen LogP contribution in [0.3, 0.4) is 0 Å². The van der Waals surface area contributed by atoms with E-state index in [1.807, 2.05) is 41.0 Å². The maximum absolute atomic E-state index is 12.8. The normalized spacial score (nSPS) is 10.9. The van der Waals surface area contributed by atoms with Crippen LogP contribution in [0.2, 0.25) is 0 Å². The van der Waals surface area contributed by atoms with Crippen LogP contribution in [-0.4, -0.2) is 27.3 Å². The Morgan fingerprint density at radius 2 is 1.83 bits per heavy atom. The molecule has 0 saturated heterocycles. The summed E-state index contributed by atoms with van der Waals surface area (Å²) < 4.78 is 8.76. The molecule has 0 unspecified atom stereocenters. The lowest BCUT2D eigenvalue weighted by atomic mass is 10.2. The average molecular weight is 566 g/mol. The minimum Gasteiger partial charge on any atom is -0.494 e. The summed E-state index contributed by atoms with van der Waals surface area (Å²) in [6, 6.07) is 23.7. The molecule has 0 saturated carbocycles. The van der Waals surface area contributed by atoms with Crippen LogP contribution in [0.4, 0.5) is 0 Å². The van der Waals surface area contributed by atoms with Crippen molar-refractivity contribution in [1.82, 2.24) is 20.1 Å². The van der Waals surface area contributed by atoms with Gasteiger partial charge < -0.3 is 10.1 Å². The van der Waals surface area contributed by atoms with E-state index in [9.17, 15) is 4.79 Å². The molecule has 0 aliphatic heterocycles. The smallest absolute Gasteiger partial charge is 0.251 e. The van der Waals surface area contributed by atoms with E-state index in [0.29, 0.717) is 18.0 Å². The first-order valence-corrected chi connectivity index (χ1v) is 13.7. The van der Waals surface area contributed by atoms with E-state index >= 15 is 0 Å². The molecule has 1 aromatic heterocycles. The first-order valence-electron chi connectivity index (χ1n) is 11.9. The number of carbonyl (C=O) groups is 1. The standard InChI is InChI=1S/C28H29BrN4O2S/c1-3-4-16-35-25-14-10-22(11-15-25)27(34)30-18-26-31-32-28(33(26)24-7-5-6-20(2)17-24)36-19-21-8-12-23(29)13-9-21/h5-15,17H,3-4,16,18-19H2,1-2H3,(H,30,34). The zero-order valence-electron chi connectivity index (χ0n) is 20.4. The third kappa shape index (κ3) is 6.98. The highest BCUT2D eigenvalue weighted by Crippen LogP contribution is 2.26. The Bertz CT molecular complexity index is 1290. The summed E-state index contributed by atoms with van der Waals surface area (Å²) in [6.07, 6.45) is 2.09. The number of thioether (sulfide) groups is 1. The van der Waals surface area contributed by atoms with Gasteiger partial charge in [0, 0.05) is 21.5 Å². The molecule has 1 heterocycles. The maximum Gasteiger partial charge on any atom is 0.251 e. The molecule has 0 aliphatic carbocycles. The topological polar surface area (TPSA) is 69.0 Å². The lowest BCUT2D eigenvalue weighted by Gasteiger charge is -2.12. The molecule has 3 aromatic carbocycles. The summed E-state index contributed by atoms with van der Waals surface area (Å²) in [7, 11) is 0. The third-order valence-corrected chi connectivity index (χ3v) is 7.06. The first-order chi connectivity index (χ1) is 17.5. The number of aromatic nitrogens is 3. The number of unbranched alkanes of at least 4 members (excludes halogenated alkanes) is 1. The Hall–Kier alpha value is -3.10. The summed E-state index contributed by atoms with van der Waals surface area (Å²) in [5.74, 6) is 2.03. The van der Waals surface area contributed by atoms with Gasteiger partial charge in [-0.15, -0.1) is 10.2 Å². The quantitative estimate of drug-likeness (QED) is 0.161. The van der Waals surface area contributed by atoms with Gasteiger partial charge in [-0.05, 0) is 73.0 Å². The number of hydrogen-bond acceptors (Lipinski definition) is 5. The van der Waals surface area contributed by atoms with Crippen LogP contribution < -0.4 is 10.1 Å². The van der Waals surface area contributed by atoms with Crippen LogP contribution in [0.25, 0.3) is 5.69 Å². The zero-order chi connectivity index (χ0) is 25.3. The Kier molecular flexibility index (Phi) is 9.19.